The Kier molecular flexibility index (Phi) is 6.35. The summed E-state index contributed by atoms with van der Waals surface area (Å²) >= 11 is 17.1. The summed E-state index contributed by atoms with van der Waals surface area (Å²) in [7, 11) is 0. The highest BCUT2D eigenvalue weighted by atomic mass is 79.9. The van der Waals surface area contributed by atoms with Gasteiger partial charge in [-0.05, 0) is 86.1 Å². The van der Waals surface area contributed by atoms with Crippen molar-refractivity contribution in [3.8, 4) is 5.69 Å². The molecule has 1 N–H and O–H groups in total. The van der Waals surface area contributed by atoms with Crippen LogP contribution in [-0.2, 0) is 4.79 Å². The Hall–Kier alpha value is -1.99. The van der Waals surface area contributed by atoms with Crippen LogP contribution in [0.2, 0.25) is 10.0 Å². The summed E-state index contributed by atoms with van der Waals surface area (Å²) in [4.78, 5) is 17.6. The number of nitrogens with zero attached hydrogens (tertiary/aromatic N) is 2. The number of carbonyl (C=O) groups excluding carboxylic acids is 1. The highest BCUT2D eigenvalue weighted by molar-refractivity contribution is 9.10. The Labute approximate surface area is 203 Å². The Bertz CT molecular complexity index is 1280. The maximum absolute atomic E-state index is 12.5. The summed E-state index contributed by atoms with van der Waals surface area (Å²) in [5.41, 5.74) is 5.90. The molecule has 2 aromatic carbocycles. The molecule has 0 saturated carbocycles. The van der Waals surface area contributed by atoms with E-state index < -0.39 is 0 Å². The van der Waals surface area contributed by atoms with Gasteiger partial charge in [0.05, 0.1) is 20.6 Å². The van der Waals surface area contributed by atoms with Gasteiger partial charge in [-0.1, -0.05) is 45.2 Å². The van der Waals surface area contributed by atoms with Crippen LogP contribution in [0.15, 0.2) is 56.8 Å². The minimum atomic E-state index is -0.189. The van der Waals surface area contributed by atoms with Crippen molar-refractivity contribution in [3.63, 3.8) is 0 Å². The first-order valence-electron chi connectivity index (χ1n) is 9.43. The van der Waals surface area contributed by atoms with Crippen LogP contribution in [0.25, 0.3) is 11.8 Å². The summed E-state index contributed by atoms with van der Waals surface area (Å²) in [6.07, 6.45) is 1.90. The molecule has 0 bridgehead atoms. The van der Waals surface area contributed by atoms with Crippen molar-refractivity contribution in [3.05, 3.63) is 84.4 Å². The number of rotatable bonds is 3. The number of amidine groups is 1. The molecule has 1 aromatic heterocycles. The molecular weight excluding hydrogens is 517 g/mol. The van der Waals surface area contributed by atoms with Gasteiger partial charge in [-0.3, -0.25) is 4.79 Å². The van der Waals surface area contributed by atoms with Gasteiger partial charge in [0.15, 0.2) is 5.17 Å². The summed E-state index contributed by atoms with van der Waals surface area (Å²) in [6, 6.07) is 13.6. The quantitative estimate of drug-likeness (QED) is 0.357. The predicted octanol–water partition coefficient (Wildman–Crippen LogP) is 7.36. The van der Waals surface area contributed by atoms with E-state index in [1.807, 2.05) is 12.1 Å². The van der Waals surface area contributed by atoms with Crippen molar-refractivity contribution in [1.29, 1.82) is 0 Å². The number of nitrogens with one attached hydrogen (secondary N) is 1. The van der Waals surface area contributed by atoms with Gasteiger partial charge in [0, 0.05) is 21.5 Å². The molecule has 0 radical (unpaired) electrons. The first-order valence-corrected chi connectivity index (χ1v) is 11.8. The van der Waals surface area contributed by atoms with E-state index in [0.29, 0.717) is 25.8 Å². The molecule has 0 spiro atoms. The van der Waals surface area contributed by atoms with Crippen LogP contribution < -0.4 is 5.32 Å². The average Bonchev–Trinajstić information content (AvgIpc) is 3.20. The van der Waals surface area contributed by atoms with E-state index in [9.17, 15) is 4.79 Å². The normalized spacial score (nSPS) is 16.4. The first-order chi connectivity index (χ1) is 14.7. The molecule has 8 heteroatoms. The zero-order valence-corrected chi connectivity index (χ0v) is 20.9. The zero-order valence-electron chi connectivity index (χ0n) is 17.0. The lowest BCUT2D eigenvalue weighted by molar-refractivity contribution is -0.115. The minimum absolute atomic E-state index is 0.189. The van der Waals surface area contributed by atoms with E-state index in [1.165, 1.54) is 11.8 Å². The zero-order chi connectivity index (χ0) is 22.3. The van der Waals surface area contributed by atoms with E-state index in [4.69, 9.17) is 23.2 Å². The van der Waals surface area contributed by atoms with Crippen molar-refractivity contribution in [1.82, 2.24) is 9.88 Å². The smallest absolute Gasteiger partial charge is 0.264 e. The van der Waals surface area contributed by atoms with E-state index in [1.54, 1.807) is 18.2 Å². The monoisotopic (exact) mass is 533 g/mol. The Morgan fingerprint density at radius 1 is 1.13 bits per heavy atom. The number of benzene rings is 2. The van der Waals surface area contributed by atoms with E-state index in [2.05, 4.69) is 69.8 Å². The van der Waals surface area contributed by atoms with Gasteiger partial charge in [-0.15, -0.1) is 0 Å². The van der Waals surface area contributed by atoms with Crippen LogP contribution in [-0.4, -0.2) is 15.6 Å². The second-order valence-electron chi connectivity index (χ2n) is 7.15. The fourth-order valence-electron chi connectivity index (χ4n) is 3.41. The third kappa shape index (κ3) is 4.48. The lowest BCUT2D eigenvalue weighted by atomic mass is 10.2. The summed E-state index contributed by atoms with van der Waals surface area (Å²) < 4.78 is 3.26. The molecule has 2 heterocycles. The number of aliphatic imine (C=N–C) groups is 1. The number of amides is 1. The van der Waals surface area contributed by atoms with Crippen molar-refractivity contribution >= 4 is 73.7 Å². The molecule has 31 heavy (non-hydrogen) atoms. The van der Waals surface area contributed by atoms with E-state index >= 15 is 0 Å². The molecule has 3 aromatic rings. The van der Waals surface area contributed by atoms with Gasteiger partial charge >= 0.3 is 0 Å². The summed E-state index contributed by atoms with van der Waals surface area (Å²) in [6.45, 7) is 6.18. The third-order valence-electron chi connectivity index (χ3n) is 4.96. The Balaban J connectivity index is 1.66. The van der Waals surface area contributed by atoms with Crippen LogP contribution >= 0.6 is 50.9 Å². The number of hydrogen-bond donors (Lipinski definition) is 1. The molecule has 1 saturated heterocycles. The molecule has 0 atom stereocenters. The average molecular weight is 535 g/mol. The lowest BCUT2D eigenvalue weighted by Gasteiger charge is -2.11. The largest absolute Gasteiger partial charge is 0.318 e. The van der Waals surface area contributed by atoms with Gasteiger partial charge in [0.25, 0.3) is 5.91 Å². The van der Waals surface area contributed by atoms with Crippen molar-refractivity contribution < 1.29 is 4.79 Å². The van der Waals surface area contributed by atoms with Gasteiger partial charge in [0.1, 0.15) is 0 Å². The number of aryl methyl sites for hydroxylation is 2. The maximum Gasteiger partial charge on any atom is 0.264 e. The fraction of sp³-hybridized carbons (Fsp3) is 0.130. The van der Waals surface area contributed by atoms with E-state index in [0.717, 1.165) is 32.7 Å². The molecule has 1 aliphatic heterocycles. The molecule has 1 fully saturated rings. The maximum atomic E-state index is 12.5. The van der Waals surface area contributed by atoms with Crippen molar-refractivity contribution in [2.45, 2.75) is 20.8 Å². The second kappa shape index (κ2) is 8.87. The van der Waals surface area contributed by atoms with Crippen molar-refractivity contribution in [2.75, 3.05) is 0 Å². The van der Waals surface area contributed by atoms with Gasteiger partial charge in [-0.25, -0.2) is 4.99 Å². The molecule has 0 unspecified atom stereocenters. The molecule has 1 amide bonds. The summed E-state index contributed by atoms with van der Waals surface area (Å²) in [5, 5.41) is 4.05. The van der Waals surface area contributed by atoms with E-state index in [-0.39, 0.29) is 5.91 Å². The molecular formula is C23H18BrCl2N3OS. The van der Waals surface area contributed by atoms with Crippen LogP contribution in [0.5, 0.6) is 0 Å². The highest BCUT2D eigenvalue weighted by Gasteiger charge is 2.25. The predicted molar refractivity (Wildman–Crippen MR) is 135 cm³/mol. The minimum Gasteiger partial charge on any atom is -0.318 e. The SMILES string of the molecule is Cc1cc(-n2c(C)cc(/C=C3/SC(=Nc4cccc(Cl)c4Cl)NC3=O)c2C)ccc1Br. The number of carbonyl (C=O) groups is 1. The fourth-order valence-corrected chi connectivity index (χ4v) is 4.82. The number of thioether (sulfide) groups is 1. The standard InChI is InChI=1S/C23H18BrCl2N3OS/c1-12-9-16(7-8-17(12)24)29-13(2)10-15(14(29)3)11-20-22(30)28-23(31-20)27-19-6-4-5-18(25)21(19)26/h4-11H,1-3H3,(H,27,28,30)/b20-11+. The number of hydrogen-bond acceptors (Lipinski definition) is 3. The van der Waals surface area contributed by atoms with Crippen molar-refractivity contribution in [2.24, 2.45) is 4.99 Å². The molecule has 158 valence electrons. The van der Waals surface area contributed by atoms with Gasteiger partial charge in [0.2, 0.25) is 0 Å². The molecule has 4 rings (SSSR count). The third-order valence-corrected chi connectivity index (χ3v) is 7.57. The highest BCUT2D eigenvalue weighted by Crippen LogP contribution is 2.35. The number of halogens is 3. The number of aromatic nitrogens is 1. The second-order valence-corrected chi connectivity index (χ2v) is 9.82. The van der Waals surface area contributed by atoms with Gasteiger partial charge in [-0.2, -0.15) is 0 Å². The summed E-state index contributed by atoms with van der Waals surface area (Å²) in [5.74, 6) is -0.189. The van der Waals surface area contributed by atoms with Crippen LogP contribution in [0.4, 0.5) is 5.69 Å². The van der Waals surface area contributed by atoms with Gasteiger partial charge < -0.3 is 9.88 Å². The topological polar surface area (TPSA) is 46.4 Å². The lowest BCUT2D eigenvalue weighted by Crippen LogP contribution is -2.19. The Morgan fingerprint density at radius 2 is 1.90 bits per heavy atom. The first kappa shape index (κ1) is 22.2. The molecule has 1 aliphatic rings. The van der Waals surface area contributed by atoms with Crippen LogP contribution in [0.1, 0.15) is 22.5 Å². The molecule has 0 aliphatic carbocycles. The Morgan fingerprint density at radius 3 is 2.65 bits per heavy atom. The van der Waals surface area contributed by atoms with Crippen LogP contribution in [0, 0.1) is 20.8 Å². The van der Waals surface area contributed by atoms with Crippen LogP contribution in [0.3, 0.4) is 0 Å². The molecule has 4 nitrogen and oxygen atoms in total.